The molecule has 2 heterocycles. The summed E-state index contributed by atoms with van der Waals surface area (Å²) in [7, 11) is -3.79. The Balaban J connectivity index is 1.35. The van der Waals surface area contributed by atoms with E-state index in [9.17, 15) is 18.0 Å². The van der Waals surface area contributed by atoms with E-state index in [1.807, 2.05) is 18.2 Å². The van der Waals surface area contributed by atoms with Crippen LogP contribution in [-0.4, -0.2) is 31.1 Å². The number of furan rings is 1. The van der Waals surface area contributed by atoms with Crippen LogP contribution in [0.25, 0.3) is 0 Å². The van der Waals surface area contributed by atoms with Crippen molar-refractivity contribution in [3.63, 3.8) is 0 Å². The number of sulfonamides is 1. The molecule has 0 atom stereocenters. The molecule has 0 saturated carbocycles. The van der Waals surface area contributed by atoms with Crippen LogP contribution in [0, 0.1) is 0 Å². The molecule has 0 spiro atoms. The van der Waals surface area contributed by atoms with Crippen LogP contribution in [0.1, 0.15) is 27.2 Å². The Labute approximate surface area is 202 Å². The van der Waals surface area contributed by atoms with E-state index in [2.05, 4.69) is 17.2 Å². The lowest BCUT2D eigenvalue weighted by Crippen LogP contribution is -2.27. The molecule has 1 aromatic heterocycles. The van der Waals surface area contributed by atoms with E-state index in [-0.39, 0.29) is 29.8 Å². The maximum Gasteiger partial charge on any atom is 0.251 e. The fourth-order valence-corrected chi connectivity index (χ4v) is 5.17. The summed E-state index contributed by atoms with van der Waals surface area (Å²) >= 11 is 5.97. The van der Waals surface area contributed by atoms with E-state index in [0.717, 1.165) is 11.6 Å². The molecule has 2 amide bonds. The fourth-order valence-electron chi connectivity index (χ4n) is 3.59. The lowest BCUT2D eigenvalue weighted by atomic mass is 10.1. The third-order valence-corrected chi connectivity index (χ3v) is 7.38. The first-order chi connectivity index (χ1) is 16.3. The highest BCUT2D eigenvalue weighted by Gasteiger charge is 2.33. The molecule has 10 heteroatoms. The molecule has 176 valence electrons. The minimum Gasteiger partial charge on any atom is -0.444 e. The van der Waals surface area contributed by atoms with Crippen LogP contribution in [0.4, 0.5) is 5.88 Å². The van der Waals surface area contributed by atoms with Crippen molar-refractivity contribution in [2.45, 2.75) is 24.4 Å². The van der Waals surface area contributed by atoms with Gasteiger partial charge in [-0.05, 0) is 54.5 Å². The molecule has 1 aliphatic heterocycles. The van der Waals surface area contributed by atoms with E-state index in [4.69, 9.17) is 16.0 Å². The monoisotopic (exact) mass is 499 g/mol. The summed E-state index contributed by atoms with van der Waals surface area (Å²) in [6.45, 7) is 3.97. The molecule has 2 aromatic carbocycles. The zero-order valence-electron chi connectivity index (χ0n) is 18.1. The summed E-state index contributed by atoms with van der Waals surface area (Å²) in [6.07, 6.45) is 1.74. The van der Waals surface area contributed by atoms with E-state index >= 15 is 0 Å². The molecule has 8 nitrogen and oxygen atoms in total. The second-order valence-corrected chi connectivity index (χ2v) is 10.1. The van der Waals surface area contributed by atoms with Gasteiger partial charge in [0.2, 0.25) is 15.9 Å². The number of fused-ring (bicyclic) bond motifs is 1. The number of anilines is 1. The maximum atomic E-state index is 13.0. The van der Waals surface area contributed by atoms with Crippen molar-refractivity contribution in [2.24, 2.45) is 0 Å². The minimum absolute atomic E-state index is 0.0490. The predicted molar refractivity (Wildman–Crippen MR) is 128 cm³/mol. The summed E-state index contributed by atoms with van der Waals surface area (Å²) in [5, 5.41) is 5.98. The van der Waals surface area contributed by atoms with E-state index in [1.165, 1.54) is 28.6 Å². The van der Waals surface area contributed by atoms with Gasteiger partial charge in [0.05, 0.1) is 11.4 Å². The number of nitrogens with zero attached hydrogens (tertiary/aromatic N) is 1. The largest absolute Gasteiger partial charge is 0.444 e. The third-order valence-electron chi connectivity index (χ3n) is 5.34. The predicted octanol–water partition coefficient (Wildman–Crippen LogP) is 3.73. The smallest absolute Gasteiger partial charge is 0.251 e. The van der Waals surface area contributed by atoms with Gasteiger partial charge in [-0.3, -0.25) is 14.9 Å². The van der Waals surface area contributed by atoms with Crippen LogP contribution in [0.15, 0.2) is 76.6 Å². The molecule has 1 aliphatic rings. The zero-order chi connectivity index (χ0) is 24.3. The molecule has 0 aliphatic carbocycles. The van der Waals surface area contributed by atoms with Crippen molar-refractivity contribution < 1.29 is 22.4 Å². The molecule has 4 rings (SSSR count). The van der Waals surface area contributed by atoms with Crippen LogP contribution >= 0.6 is 11.6 Å². The Kier molecular flexibility index (Phi) is 6.87. The second-order valence-electron chi connectivity index (χ2n) is 7.69. The van der Waals surface area contributed by atoms with Crippen molar-refractivity contribution in [2.75, 3.05) is 11.9 Å². The Hall–Kier alpha value is -3.40. The summed E-state index contributed by atoms with van der Waals surface area (Å²) in [5.74, 6) is 0.0160. The Morgan fingerprint density at radius 2 is 1.88 bits per heavy atom. The van der Waals surface area contributed by atoms with Gasteiger partial charge in [0.1, 0.15) is 5.76 Å². The average molecular weight is 500 g/mol. The molecular weight excluding hydrogens is 478 g/mol. The SMILES string of the molecule is C=CC(=O)Nc1cc2c(o1)CN(S(=O)(=O)c1ccc(C(=O)NCCc3cccc(Cl)c3)cc1)C2. The average Bonchev–Trinajstić information content (AvgIpc) is 3.38. The topological polar surface area (TPSA) is 109 Å². The van der Waals surface area contributed by atoms with Crippen LogP contribution in [0.2, 0.25) is 5.02 Å². The Morgan fingerprint density at radius 3 is 2.56 bits per heavy atom. The molecule has 34 heavy (non-hydrogen) atoms. The minimum atomic E-state index is -3.79. The number of carbonyl (C=O) groups is 2. The first-order valence-corrected chi connectivity index (χ1v) is 12.3. The molecule has 0 fully saturated rings. The van der Waals surface area contributed by atoms with Crippen molar-refractivity contribution in [1.82, 2.24) is 9.62 Å². The molecule has 3 aromatic rings. The van der Waals surface area contributed by atoms with Crippen molar-refractivity contribution in [3.05, 3.63) is 94.7 Å². The first kappa shape index (κ1) is 23.7. The molecular formula is C24H22ClN3O5S. The standard InChI is InChI=1S/C24H22ClN3O5S/c1-2-22(29)27-23-13-18-14-28(15-21(18)33-23)34(31,32)20-8-6-17(7-9-20)24(30)26-11-10-16-4-3-5-19(25)12-16/h2-9,12-13H,1,10-11,14-15H2,(H,26,30)(H,27,29). The molecule has 0 radical (unpaired) electrons. The van der Waals surface area contributed by atoms with Crippen molar-refractivity contribution in [3.8, 4) is 0 Å². The van der Waals surface area contributed by atoms with Gasteiger partial charge in [0, 0.05) is 35.3 Å². The number of hydrogen-bond donors (Lipinski definition) is 2. The number of hydrogen-bond acceptors (Lipinski definition) is 5. The second kappa shape index (κ2) is 9.84. The molecule has 0 unspecified atom stereocenters. The number of benzene rings is 2. The fraction of sp³-hybridized carbons (Fsp3) is 0.167. The molecule has 0 bridgehead atoms. The number of halogens is 1. The van der Waals surface area contributed by atoms with Crippen molar-refractivity contribution in [1.29, 1.82) is 0 Å². The number of amides is 2. The highest BCUT2D eigenvalue weighted by atomic mass is 35.5. The first-order valence-electron chi connectivity index (χ1n) is 10.4. The van der Waals surface area contributed by atoms with Crippen LogP contribution in [0.5, 0.6) is 0 Å². The van der Waals surface area contributed by atoms with Gasteiger partial charge in [-0.2, -0.15) is 4.31 Å². The lowest BCUT2D eigenvalue weighted by Gasteiger charge is -2.16. The maximum absolute atomic E-state index is 13.0. The Bertz CT molecular complexity index is 1330. The number of carbonyl (C=O) groups excluding carboxylic acids is 2. The summed E-state index contributed by atoms with van der Waals surface area (Å²) in [6, 6.07) is 14.8. The van der Waals surface area contributed by atoms with Gasteiger partial charge >= 0.3 is 0 Å². The van der Waals surface area contributed by atoms with Gasteiger partial charge in [-0.15, -0.1) is 0 Å². The van der Waals surface area contributed by atoms with E-state index in [0.29, 0.717) is 34.9 Å². The van der Waals surface area contributed by atoms with E-state index < -0.39 is 15.9 Å². The quantitative estimate of drug-likeness (QED) is 0.459. The van der Waals surface area contributed by atoms with Gasteiger partial charge in [-0.25, -0.2) is 8.42 Å². The Morgan fingerprint density at radius 1 is 1.12 bits per heavy atom. The highest BCUT2D eigenvalue weighted by molar-refractivity contribution is 7.89. The van der Waals surface area contributed by atoms with Crippen LogP contribution < -0.4 is 10.6 Å². The summed E-state index contributed by atoms with van der Waals surface area (Å²) < 4.78 is 32.9. The highest BCUT2D eigenvalue weighted by Crippen LogP contribution is 2.32. The normalized spacial score (nSPS) is 13.3. The zero-order valence-corrected chi connectivity index (χ0v) is 19.7. The van der Waals surface area contributed by atoms with Crippen LogP contribution in [-0.2, 0) is 34.3 Å². The summed E-state index contributed by atoms with van der Waals surface area (Å²) in [5.41, 5.74) is 2.05. The number of nitrogens with one attached hydrogen (secondary N) is 2. The van der Waals surface area contributed by atoms with E-state index in [1.54, 1.807) is 12.1 Å². The summed E-state index contributed by atoms with van der Waals surface area (Å²) in [4.78, 5) is 23.9. The molecule has 0 saturated heterocycles. The van der Waals surface area contributed by atoms with Crippen molar-refractivity contribution >= 4 is 39.3 Å². The number of rotatable bonds is 8. The van der Waals surface area contributed by atoms with Crippen LogP contribution in [0.3, 0.4) is 0 Å². The third kappa shape index (κ3) is 5.22. The lowest BCUT2D eigenvalue weighted by molar-refractivity contribution is -0.112. The van der Waals surface area contributed by atoms with Gasteiger partial charge in [0.25, 0.3) is 5.91 Å². The van der Waals surface area contributed by atoms with Gasteiger partial charge < -0.3 is 9.73 Å². The molecule has 2 N–H and O–H groups in total. The van der Waals surface area contributed by atoms with Gasteiger partial charge in [0.15, 0.2) is 5.88 Å². The van der Waals surface area contributed by atoms with Gasteiger partial charge in [-0.1, -0.05) is 30.3 Å².